The van der Waals surface area contributed by atoms with Crippen molar-refractivity contribution in [1.29, 1.82) is 0 Å². The summed E-state index contributed by atoms with van der Waals surface area (Å²) in [7, 11) is 0. The second-order valence-corrected chi connectivity index (χ2v) is 5.17. The smallest absolute Gasteiger partial charge is 0.112 e. The Morgan fingerprint density at radius 3 is 2.89 bits per heavy atom. The van der Waals surface area contributed by atoms with Gasteiger partial charge in [-0.15, -0.1) is 11.3 Å². The molecule has 0 unspecified atom stereocenters. The molecule has 4 nitrogen and oxygen atoms in total. The summed E-state index contributed by atoms with van der Waals surface area (Å²) in [6, 6.07) is 10.3. The van der Waals surface area contributed by atoms with Crippen LogP contribution in [0.3, 0.4) is 0 Å². The van der Waals surface area contributed by atoms with Crippen molar-refractivity contribution in [3.8, 4) is 0 Å². The first-order valence-electron chi connectivity index (χ1n) is 6.09. The number of nitrogens with one attached hydrogen (secondary N) is 1. The van der Waals surface area contributed by atoms with E-state index in [4.69, 9.17) is 0 Å². The van der Waals surface area contributed by atoms with E-state index in [9.17, 15) is 0 Å². The van der Waals surface area contributed by atoms with Crippen LogP contribution in [0.4, 0.5) is 5.69 Å². The van der Waals surface area contributed by atoms with E-state index in [-0.39, 0.29) is 0 Å². The Bertz CT molecular complexity index is 616. The molecule has 5 heteroatoms. The van der Waals surface area contributed by atoms with Gasteiger partial charge in [-0.25, -0.2) is 4.98 Å². The Labute approximate surface area is 115 Å². The fourth-order valence-electron chi connectivity index (χ4n) is 1.83. The van der Waals surface area contributed by atoms with Crippen LogP contribution in [0.25, 0.3) is 0 Å². The molecule has 96 valence electrons. The molecule has 0 spiro atoms. The molecule has 19 heavy (non-hydrogen) atoms. The van der Waals surface area contributed by atoms with Gasteiger partial charge < -0.3 is 5.32 Å². The van der Waals surface area contributed by atoms with E-state index in [1.807, 2.05) is 46.9 Å². The molecule has 2 aromatic heterocycles. The van der Waals surface area contributed by atoms with E-state index in [1.54, 1.807) is 11.3 Å². The van der Waals surface area contributed by atoms with Gasteiger partial charge in [-0.3, -0.25) is 4.68 Å². The van der Waals surface area contributed by atoms with Gasteiger partial charge in [0.05, 0.1) is 25.0 Å². The molecule has 1 aromatic carbocycles. The van der Waals surface area contributed by atoms with Gasteiger partial charge in [0, 0.05) is 17.8 Å². The Balaban J connectivity index is 1.60. The van der Waals surface area contributed by atoms with Gasteiger partial charge in [0.25, 0.3) is 0 Å². The van der Waals surface area contributed by atoms with Crippen molar-refractivity contribution < 1.29 is 0 Å². The molecule has 0 radical (unpaired) electrons. The lowest BCUT2D eigenvalue weighted by Crippen LogP contribution is -2.00. The SMILES string of the molecule is c1ccc(Cn2cc(NCc3nccs3)cn2)cc1. The van der Waals surface area contributed by atoms with Crippen molar-refractivity contribution in [2.75, 3.05) is 5.32 Å². The van der Waals surface area contributed by atoms with E-state index in [1.165, 1.54) is 5.56 Å². The average Bonchev–Trinajstić information content (AvgIpc) is 3.09. The molecule has 0 fully saturated rings. The average molecular weight is 270 g/mol. The Kier molecular flexibility index (Phi) is 3.56. The number of hydrogen-bond donors (Lipinski definition) is 1. The molecule has 1 N–H and O–H groups in total. The third kappa shape index (κ3) is 3.20. The maximum atomic E-state index is 4.35. The van der Waals surface area contributed by atoms with Crippen LogP contribution in [0.5, 0.6) is 0 Å². The third-order valence-corrected chi connectivity index (χ3v) is 3.53. The molecule has 0 bridgehead atoms. The lowest BCUT2D eigenvalue weighted by Gasteiger charge is -2.01. The summed E-state index contributed by atoms with van der Waals surface area (Å²) in [4.78, 5) is 4.23. The summed E-state index contributed by atoms with van der Waals surface area (Å²) < 4.78 is 1.93. The third-order valence-electron chi connectivity index (χ3n) is 2.75. The van der Waals surface area contributed by atoms with Gasteiger partial charge in [0.1, 0.15) is 5.01 Å². The van der Waals surface area contributed by atoms with Crippen LogP contribution >= 0.6 is 11.3 Å². The highest BCUT2D eigenvalue weighted by atomic mass is 32.1. The fourth-order valence-corrected chi connectivity index (χ4v) is 2.39. The maximum absolute atomic E-state index is 4.35. The summed E-state index contributed by atoms with van der Waals surface area (Å²) in [5, 5.41) is 10.7. The van der Waals surface area contributed by atoms with Crippen LogP contribution in [-0.2, 0) is 13.1 Å². The van der Waals surface area contributed by atoms with Gasteiger partial charge in [-0.1, -0.05) is 30.3 Å². The maximum Gasteiger partial charge on any atom is 0.112 e. The zero-order chi connectivity index (χ0) is 12.9. The highest BCUT2D eigenvalue weighted by Crippen LogP contribution is 2.11. The summed E-state index contributed by atoms with van der Waals surface area (Å²) >= 11 is 1.65. The van der Waals surface area contributed by atoms with Crippen molar-refractivity contribution in [2.24, 2.45) is 0 Å². The molecule has 3 aromatic rings. The van der Waals surface area contributed by atoms with Crippen molar-refractivity contribution in [3.63, 3.8) is 0 Å². The number of nitrogens with zero attached hydrogens (tertiary/aromatic N) is 3. The molecule has 0 saturated carbocycles. The molecular formula is C14H14N4S. The number of anilines is 1. The van der Waals surface area contributed by atoms with Gasteiger partial charge >= 0.3 is 0 Å². The number of rotatable bonds is 5. The van der Waals surface area contributed by atoms with Crippen molar-refractivity contribution in [1.82, 2.24) is 14.8 Å². The monoisotopic (exact) mass is 270 g/mol. The van der Waals surface area contributed by atoms with Gasteiger partial charge in [0.2, 0.25) is 0 Å². The Morgan fingerprint density at radius 2 is 2.11 bits per heavy atom. The van der Waals surface area contributed by atoms with Gasteiger partial charge in [-0.2, -0.15) is 5.10 Å². The van der Waals surface area contributed by atoms with Crippen LogP contribution in [0.15, 0.2) is 54.3 Å². The fraction of sp³-hybridized carbons (Fsp3) is 0.143. The molecule has 0 saturated heterocycles. The zero-order valence-electron chi connectivity index (χ0n) is 10.4. The van der Waals surface area contributed by atoms with E-state index in [2.05, 4.69) is 27.5 Å². The minimum atomic E-state index is 0.745. The number of thiazole rings is 1. The molecule has 2 heterocycles. The largest absolute Gasteiger partial charge is 0.376 e. The minimum Gasteiger partial charge on any atom is -0.376 e. The lowest BCUT2D eigenvalue weighted by atomic mass is 10.2. The normalized spacial score (nSPS) is 10.5. The summed E-state index contributed by atoms with van der Waals surface area (Å²) in [6.45, 7) is 1.54. The molecular weight excluding hydrogens is 256 g/mol. The van der Waals surface area contributed by atoms with Crippen molar-refractivity contribution >= 4 is 17.0 Å². The van der Waals surface area contributed by atoms with Crippen LogP contribution in [0.1, 0.15) is 10.6 Å². The first-order chi connectivity index (χ1) is 9.40. The second kappa shape index (κ2) is 5.67. The summed E-state index contributed by atoms with van der Waals surface area (Å²) in [5.74, 6) is 0. The predicted molar refractivity (Wildman–Crippen MR) is 77.2 cm³/mol. The van der Waals surface area contributed by atoms with Crippen LogP contribution in [0.2, 0.25) is 0 Å². The standard InChI is InChI=1S/C14H14N4S/c1-2-4-12(5-3-1)10-18-11-13(8-17-18)16-9-14-15-6-7-19-14/h1-8,11,16H,9-10H2. The second-order valence-electron chi connectivity index (χ2n) is 4.19. The van der Waals surface area contributed by atoms with Crippen molar-refractivity contribution in [3.05, 3.63) is 64.9 Å². The predicted octanol–water partition coefficient (Wildman–Crippen LogP) is 3.00. The summed E-state index contributed by atoms with van der Waals surface area (Å²) in [6.07, 6.45) is 5.68. The Morgan fingerprint density at radius 1 is 1.21 bits per heavy atom. The minimum absolute atomic E-state index is 0.745. The number of aromatic nitrogens is 3. The number of benzene rings is 1. The quantitative estimate of drug-likeness (QED) is 0.775. The van der Waals surface area contributed by atoms with Crippen molar-refractivity contribution in [2.45, 2.75) is 13.1 Å². The van der Waals surface area contributed by atoms with Crippen LogP contribution in [0, 0.1) is 0 Å². The van der Waals surface area contributed by atoms with Crippen LogP contribution in [-0.4, -0.2) is 14.8 Å². The topological polar surface area (TPSA) is 42.7 Å². The highest BCUT2D eigenvalue weighted by Gasteiger charge is 2.00. The Hall–Kier alpha value is -2.14. The molecule has 0 amide bonds. The highest BCUT2D eigenvalue weighted by molar-refractivity contribution is 7.09. The van der Waals surface area contributed by atoms with E-state index >= 15 is 0 Å². The van der Waals surface area contributed by atoms with E-state index in [0.717, 1.165) is 23.8 Å². The molecule has 3 rings (SSSR count). The van der Waals surface area contributed by atoms with Crippen LogP contribution < -0.4 is 5.32 Å². The van der Waals surface area contributed by atoms with E-state index < -0.39 is 0 Å². The lowest BCUT2D eigenvalue weighted by molar-refractivity contribution is 0.687. The van der Waals surface area contributed by atoms with Gasteiger partial charge in [0.15, 0.2) is 0 Å². The molecule has 0 aliphatic heterocycles. The zero-order valence-corrected chi connectivity index (χ0v) is 11.2. The molecule has 0 aliphatic carbocycles. The van der Waals surface area contributed by atoms with Gasteiger partial charge in [-0.05, 0) is 5.56 Å². The first-order valence-corrected chi connectivity index (χ1v) is 6.97. The molecule has 0 aliphatic rings. The summed E-state index contributed by atoms with van der Waals surface area (Å²) in [5.41, 5.74) is 2.27. The van der Waals surface area contributed by atoms with E-state index in [0.29, 0.717) is 0 Å². The first kappa shape index (κ1) is 11.9. The molecule has 0 atom stereocenters. The number of hydrogen-bond acceptors (Lipinski definition) is 4.